The number of hydrogen-bond donors (Lipinski definition) is 1. The van der Waals surface area contributed by atoms with Crippen LogP contribution in [-0.2, 0) is 25.7 Å². The zero-order chi connectivity index (χ0) is 15.7. The molecular formula is C16H20O5. The number of benzene rings is 1. The summed E-state index contributed by atoms with van der Waals surface area (Å²) < 4.78 is 5.13. The molecule has 0 aromatic heterocycles. The fraction of sp³-hybridized carbons (Fsp3) is 0.438. The van der Waals surface area contributed by atoms with Gasteiger partial charge in [0.15, 0.2) is 0 Å². The van der Waals surface area contributed by atoms with E-state index in [0.29, 0.717) is 6.42 Å². The van der Waals surface area contributed by atoms with Gasteiger partial charge in [-0.1, -0.05) is 19.1 Å². The highest BCUT2D eigenvalue weighted by Crippen LogP contribution is 2.21. The van der Waals surface area contributed by atoms with Crippen LogP contribution >= 0.6 is 0 Å². The number of hydrogen-bond acceptors (Lipinski definition) is 5. The zero-order valence-electron chi connectivity index (χ0n) is 12.0. The Morgan fingerprint density at radius 1 is 1.29 bits per heavy atom. The van der Waals surface area contributed by atoms with Crippen molar-refractivity contribution in [2.24, 2.45) is 11.8 Å². The van der Waals surface area contributed by atoms with Crippen LogP contribution in [0.15, 0.2) is 24.3 Å². The van der Waals surface area contributed by atoms with E-state index in [9.17, 15) is 14.4 Å². The van der Waals surface area contributed by atoms with Crippen molar-refractivity contribution in [3.63, 3.8) is 0 Å². The van der Waals surface area contributed by atoms with E-state index >= 15 is 0 Å². The van der Waals surface area contributed by atoms with E-state index in [2.05, 4.69) is 0 Å². The van der Waals surface area contributed by atoms with Gasteiger partial charge in [0.25, 0.3) is 0 Å². The van der Waals surface area contributed by atoms with Crippen molar-refractivity contribution in [1.29, 1.82) is 0 Å². The Morgan fingerprint density at radius 2 is 1.95 bits per heavy atom. The van der Waals surface area contributed by atoms with Gasteiger partial charge in [-0.2, -0.15) is 0 Å². The first-order valence-corrected chi connectivity index (χ1v) is 6.93. The molecule has 0 heterocycles. The van der Waals surface area contributed by atoms with Crippen molar-refractivity contribution in [2.45, 2.75) is 32.8 Å². The van der Waals surface area contributed by atoms with Crippen molar-refractivity contribution in [3.05, 3.63) is 29.8 Å². The molecule has 114 valence electrons. The highest BCUT2D eigenvalue weighted by Gasteiger charge is 2.23. The molecule has 0 bridgehead atoms. The minimum Gasteiger partial charge on any atom is -0.508 e. The summed E-state index contributed by atoms with van der Waals surface area (Å²) in [6.07, 6.45) is 2.33. The maximum Gasteiger partial charge on any atom is 0.306 e. The Bertz CT molecular complexity index is 466. The molecule has 0 radical (unpaired) electrons. The Morgan fingerprint density at radius 3 is 2.48 bits per heavy atom. The lowest BCUT2D eigenvalue weighted by atomic mass is 9.86. The summed E-state index contributed by atoms with van der Waals surface area (Å²) in [6.45, 7) is 1.95. The van der Waals surface area contributed by atoms with Crippen LogP contribution in [0.3, 0.4) is 0 Å². The molecule has 21 heavy (non-hydrogen) atoms. The largest absolute Gasteiger partial charge is 0.508 e. The number of phenolic OH excluding ortho intramolecular Hbond substituents is 1. The molecule has 0 aliphatic heterocycles. The molecule has 0 amide bonds. The van der Waals surface area contributed by atoms with Gasteiger partial charge in [-0.15, -0.1) is 0 Å². The van der Waals surface area contributed by atoms with Gasteiger partial charge >= 0.3 is 5.97 Å². The van der Waals surface area contributed by atoms with Gasteiger partial charge in [0.2, 0.25) is 0 Å². The summed E-state index contributed by atoms with van der Waals surface area (Å²) in [5.41, 5.74) is 0.760. The lowest BCUT2D eigenvalue weighted by molar-refractivity contribution is -0.146. The van der Waals surface area contributed by atoms with Crippen LogP contribution in [0, 0.1) is 11.8 Å². The molecule has 0 aliphatic carbocycles. The molecule has 0 aliphatic rings. The van der Waals surface area contributed by atoms with E-state index in [1.165, 1.54) is 12.1 Å². The van der Waals surface area contributed by atoms with E-state index in [4.69, 9.17) is 9.84 Å². The SMILES string of the molecule is CCC(C=O)[C@@H](CC=O)CC(=O)OCc1ccc(O)cc1. The molecule has 1 rings (SSSR count). The molecule has 1 unspecified atom stereocenters. The lowest BCUT2D eigenvalue weighted by Gasteiger charge is -2.18. The van der Waals surface area contributed by atoms with E-state index in [0.717, 1.165) is 18.1 Å². The molecule has 5 nitrogen and oxygen atoms in total. The fourth-order valence-corrected chi connectivity index (χ4v) is 2.10. The molecule has 2 atom stereocenters. The maximum atomic E-state index is 11.8. The monoisotopic (exact) mass is 292 g/mol. The number of carbonyl (C=O) groups excluding carboxylic acids is 3. The summed E-state index contributed by atoms with van der Waals surface area (Å²) in [4.78, 5) is 33.4. The molecule has 1 aromatic carbocycles. The second-order valence-corrected chi connectivity index (χ2v) is 4.90. The Kier molecular flexibility index (Phi) is 7.15. The predicted molar refractivity (Wildman–Crippen MR) is 76.5 cm³/mol. The summed E-state index contributed by atoms with van der Waals surface area (Å²) in [5, 5.41) is 9.15. The van der Waals surface area contributed by atoms with E-state index < -0.39 is 5.97 Å². The van der Waals surface area contributed by atoms with Gasteiger partial charge < -0.3 is 19.4 Å². The first-order valence-electron chi connectivity index (χ1n) is 6.93. The number of phenols is 1. The van der Waals surface area contributed by atoms with Crippen LogP contribution in [0.4, 0.5) is 0 Å². The third kappa shape index (κ3) is 5.77. The average molecular weight is 292 g/mol. The average Bonchev–Trinajstić information content (AvgIpc) is 2.48. The summed E-state index contributed by atoms with van der Waals surface area (Å²) in [5.74, 6) is -0.906. The third-order valence-electron chi connectivity index (χ3n) is 3.42. The first kappa shape index (κ1) is 16.9. The zero-order valence-corrected chi connectivity index (χ0v) is 12.0. The van der Waals surface area contributed by atoms with Crippen molar-refractivity contribution >= 4 is 18.5 Å². The molecule has 5 heteroatoms. The van der Waals surface area contributed by atoms with Crippen LogP contribution in [-0.4, -0.2) is 23.6 Å². The highest BCUT2D eigenvalue weighted by atomic mass is 16.5. The molecule has 0 saturated heterocycles. The normalized spacial score (nSPS) is 13.2. The van der Waals surface area contributed by atoms with Crippen LogP contribution in [0.1, 0.15) is 31.7 Å². The minimum atomic E-state index is -0.435. The van der Waals surface area contributed by atoms with Gasteiger partial charge in [-0.3, -0.25) is 4.79 Å². The van der Waals surface area contributed by atoms with E-state index in [-0.39, 0.29) is 37.0 Å². The molecule has 0 spiro atoms. The van der Waals surface area contributed by atoms with Crippen LogP contribution < -0.4 is 0 Å². The van der Waals surface area contributed by atoms with Crippen molar-refractivity contribution in [3.8, 4) is 5.75 Å². The standard InChI is InChI=1S/C16H20O5/c1-2-13(10-18)14(7-8-17)9-16(20)21-11-12-3-5-15(19)6-4-12/h3-6,8,10,13-14,19H,2,7,9,11H2,1H3/t13?,14-/m0/s1. The Labute approximate surface area is 123 Å². The van der Waals surface area contributed by atoms with Gasteiger partial charge in [0.1, 0.15) is 24.9 Å². The maximum absolute atomic E-state index is 11.8. The van der Waals surface area contributed by atoms with Crippen molar-refractivity contribution < 1.29 is 24.2 Å². The number of rotatable bonds is 9. The second-order valence-electron chi connectivity index (χ2n) is 4.90. The smallest absolute Gasteiger partial charge is 0.306 e. The van der Waals surface area contributed by atoms with Crippen LogP contribution in [0.25, 0.3) is 0 Å². The molecule has 0 saturated carbocycles. The van der Waals surface area contributed by atoms with E-state index in [1.807, 2.05) is 6.92 Å². The predicted octanol–water partition coefficient (Wildman–Crippen LogP) is 2.26. The first-order chi connectivity index (χ1) is 10.1. The van der Waals surface area contributed by atoms with Gasteiger partial charge in [-0.25, -0.2) is 0 Å². The molecule has 1 N–H and O–H groups in total. The number of esters is 1. The fourth-order valence-electron chi connectivity index (χ4n) is 2.10. The number of ether oxygens (including phenoxy) is 1. The van der Waals surface area contributed by atoms with Crippen LogP contribution in [0.2, 0.25) is 0 Å². The van der Waals surface area contributed by atoms with Crippen LogP contribution in [0.5, 0.6) is 5.75 Å². The lowest BCUT2D eigenvalue weighted by Crippen LogP contribution is -2.21. The Balaban J connectivity index is 2.51. The topological polar surface area (TPSA) is 80.7 Å². The van der Waals surface area contributed by atoms with Gasteiger partial charge in [-0.05, 0) is 30.0 Å². The number of aromatic hydroxyl groups is 1. The van der Waals surface area contributed by atoms with Crippen molar-refractivity contribution in [2.75, 3.05) is 0 Å². The molecule has 1 aromatic rings. The quantitative estimate of drug-likeness (QED) is 0.557. The third-order valence-corrected chi connectivity index (χ3v) is 3.42. The summed E-state index contributed by atoms with van der Waals surface area (Å²) in [6, 6.07) is 6.34. The number of carbonyl (C=O) groups is 3. The van der Waals surface area contributed by atoms with Crippen molar-refractivity contribution in [1.82, 2.24) is 0 Å². The summed E-state index contributed by atoms with van der Waals surface area (Å²) in [7, 11) is 0. The highest BCUT2D eigenvalue weighted by molar-refractivity contribution is 5.71. The molecule has 0 fully saturated rings. The second kappa shape index (κ2) is 8.89. The van der Waals surface area contributed by atoms with Gasteiger partial charge in [0.05, 0.1) is 0 Å². The summed E-state index contributed by atoms with van der Waals surface area (Å²) >= 11 is 0. The number of aldehydes is 2. The van der Waals surface area contributed by atoms with Gasteiger partial charge in [0, 0.05) is 18.8 Å². The minimum absolute atomic E-state index is 0.0497. The molecular weight excluding hydrogens is 272 g/mol. The Hall–Kier alpha value is -2.17. The van der Waals surface area contributed by atoms with E-state index in [1.54, 1.807) is 12.1 Å².